The quantitative estimate of drug-likeness (QED) is 0.707. The van der Waals surface area contributed by atoms with Crippen molar-refractivity contribution >= 4 is 0 Å². The van der Waals surface area contributed by atoms with Gasteiger partial charge in [-0.2, -0.15) is 0 Å². The van der Waals surface area contributed by atoms with E-state index in [4.69, 9.17) is 0 Å². The highest BCUT2D eigenvalue weighted by Gasteiger charge is 2.56. The molecule has 5 aliphatic carbocycles. The summed E-state index contributed by atoms with van der Waals surface area (Å²) in [6, 6.07) is 0. The summed E-state index contributed by atoms with van der Waals surface area (Å²) < 4.78 is 0. The molecule has 0 aromatic rings. The van der Waals surface area contributed by atoms with Gasteiger partial charge in [-0.15, -0.1) is 0 Å². The molecular weight excluding hydrogens is 266 g/mol. The van der Waals surface area contributed by atoms with Crippen LogP contribution >= 0.6 is 0 Å². The molecule has 2 atom stereocenters. The van der Waals surface area contributed by atoms with E-state index in [1.54, 1.807) is 32.1 Å². The molecule has 1 unspecified atom stereocenters. The van der Waals surface area contributed by atoms with E-state index >= 15 is 0 Å². The van der Waals surface area contributed by atoms with Crippen molar-refractivity contribution in [3.63, 3.8) is 0 Å². The molecule has 124 valence electrons. The van der Waals surface area contributed by atoms with Gasteiger partial charge in [0.05, 0.1) is 0 Å². The van der Waals surface area contributed by atoms with Crippen molar-refractivity contribution in [1.29, 1.82) is 0 Å². The molecule has 22 heavy (non-hydrogen) atoms. The van der Waals surface area contributed by atoms with Gasteiger partial charge in [-0.05, 0) is 91.3 Å². The van der Waals surface area contributed by atoms with E-state index in [-0.39, 0.29) is 0 Å². The van der Waals surface area contributed by atoms with Gasteiger partial charge in [0.1, 0.15) is 0 Å². The lowest BCUT2D eigenvalue weighted by Gasteiger charge is -2.57. The summed E-state index contributed by atoms with van der Waals surface area (Å²) in [6.45, 7) is 12.0. The van der Waals surface area contributed by atoms with Crippen LogP contribution in [0.1, 0.15) is 65.7 Å². The van der Waals surface area contributed by atoms with Gasteiger partial charge in [0, 0.05) is 19.6 Å². The molecule has 1 heterocycles. The Hall–Kier alpha value is -0.0400. The average Bonchev–Trinajstić information content (AvgIpc) is 2.60. The molecule has 0 aromatic heterocycles. The van der Waals surface area contributed by atoms with Gasteiger partial charge in [-0.3, -0.25) is 0 Å². The first-order valence-electron chi connectivity index (χ1n) is 10.2. The van der Waals surface area contributed by atoms with E-state index in [1.807, 2.05) is 0 Å². The minimum atomic E-state index is 0.577. The summed E-state index contributed by atoms with van der Waals surface area (Å²) in [7, 11) is 0. The third-order valence-electron chi connectivity index (χ3n) is 9.56. The highest BCUT2D eigenvalue weighted by molar-refractivity contribution is 5.07. The maximum Gasteiger partial charge on any atom is 0.00408 e. The zero-order valence-corrected chi connectivity index (χ0v) is 15.0. The summed E-state index contributed by atoms with van der Waals surface area (Å²) in [6.07, 6.45) is 10.9. The van der Waals surface area contributed by atoms with Gasteiger partial charge in [0.25, 0.3) is 0 Å². The second-order valence-corrected chi connectivity index (χ2v) is 10.8. The van der Waals surface area contributed by atoms with Crippen molar-refractivity contribution in [3.05, 3.63) is 0 Å². The van der Waals surface area contributed by atoms with Gasteiger partial charge >= 0.3 is 0 Å². The second-order valence-electron chi connectivity index (χ2n) is 10.8. The van der Waals surface area contributed by atoms with E-state index in [2.05, 4.69) is 25.7 Å². The lowest BCUT2D eigenvalue weighted by Crippen LogP contribution is -2.55. The summed E-state index contributed by atoms with van der Waals surface area (Å²) in [5.74, 6) is 6.51. The molecule has 1 nitrogen and oxygen atoms in total. The van der Waals surface area contributed by atoms with Crippen LogP contribution < -0.4 is 0 Å². The standard InChI is InChI=1S/C21H35N/c1-20(2)18-4-5-21(20,3)13-22(11-18)12-19-16-7-14-6-15(9-16)10-17(19)8-14/h14-19H,4-13H2,1-3H3/t14?,15?,16?,17?,18?,19?,21-/m1/s1. The maximum absolute atomic E-state index is 2.93. The van der Waals surface area contributed by atoms with Gasteiger partial charge in [0.15, 0.2) is 0 Å². The minimum Gasteiger partial charge on any atom is -0.302 e. The lowest BCUT2D eigenvalue weighted by molar-refractivity contribution is -0.0750. The van der Waals surface area contributed by atoms with Crippen LogP contribution in [-0.4, -0.2) is 24.5 Å². The number of hydrogen-bond acceptors (Lipinski definition) is 1. The van der Waals surface area contributed by atoms with Crippen LogP contribution in [0.25, 0.3) is 0 Å². The molecule has 0 aromatic carbocycles. The van der Waals surface area contributed by atoms with Crippen molar-refractivity contribution in [2.45, 2.75) is 65.7 Å². The molecule has 0 amide bonds. The molecule has 6 rings (SSSR count). The van der Waals surface area contributed by atoms with Gasteiger partial charge in [-0.1, -0.05) is 20.8 Å². The number of piperidine rings is 1. The van der Waals surface area contributed by atoms with Gasteiger partial charge in [-0.25, -0.2) is 0 Å². The van der Waals surface area contributed by atoms with E-state index < -0.39 is 0 Å². The molecule has 5 saturated carbocycles. The zero-order valence-electron chi connectivity index (χ0n) is 15.0. The molecule has 1 heteroatoms. The van der Waals surface area contributed by atoms with Crippen LogP contribution in [0.15, 0.2) is 0 Å². The molecular formula is C21H35N. The number of nitrogens with zero attached hydrogens (tertiary/aromatic N) is 1. The first-order chi connectivity index (χ1) is 10.4. The van der Waals surface area contributed by atoms with Gasteiger partial charge in [0.2, 0.25) is 0 Å². The third-order valence-corrected chi connectivity index (χ3v) is 9.56. The van der Waals surface area contributed by atoms with E-state index in [0.29, 0.717) is 10.8 Å². The van der Waals surface area contributed by atoms with E-state index in [1.165, 1.54) is 32.5 Å². The van der Waals surface area contributed by atoms with Gasteiger partial charge < -0.3 is 4.90 Å². The summed E-state index contributed by atoms with van der Waals surface area (Å²) in [4.78, 5) is 2.93. The Morgan fingerprint density at radius 1 is 0.909 bits per heavy atom. The number of hydrogen-bond donors (Lipinski definition) is 0. The average molecular weight is 302 g/mol. The predicted molar refractivity (Wildman–Crippen MR) is 91.6 cm³/mol. The molecule has 6 fully saturated rings. The minimum absolute atomic E-state index is 0.577. The van der Waals surface area contributed by atoms with Crippen LogP contribution in [0.4, 0.5) is 0 Å². The fraction of sp³-hybridized carbons (Fsp3) is 1.00. The zero-order chi connectivity index (χ0) is 15.1. The monoisotopic (exact) mass is 301 g/mol. The van der Waals surface area contributed by atoms with Crippen molar-refractivity contribution < 1.29 is 0 Å². The molecule has 6 aliphatic rings. The topological polar surface area (TPSA) is 3.24 Å². The fourth-order valence-electron chi connectivity index (χ4n) is 7.91. The van der Waals surface area contributed by atoms with Crippen LogP contribution in [0.3, 0.4) is 0 Å². The first kappa shape index (κ1) is 14.3. The molecule has 1 aliphatic heterocycles. The smallest absolute Gasteiger partial charge is 0.00408 e. The van der Waals surface area contributed by atoms with Crippen molar-refractivity contribution in [3.8, 4) is 0 Å². The number of likely N-dealkylation sites (tertiary alicyclic amines) is 1. The van der Waals surface area contributed by atoms with Crippen LogP contribution in [0.5, 0.6) is 0 Å². The Labute approximate surface area is 137 Å². The van der Waals surface area contributed by atoms with Crippen molar-refractivity contribution in [2.75, 3.05) is 19.6 Å². The first-order valence-corrected chi connectivity index (χ1v) is 10.2. The lowest BCUT2D eigenvalue weighted by atomic mass is 9.51. The van der Waals surface area contributed by atoms with E-state index in [9.17, 15) is 0 Å². The van der Waals surface area contributed by atoms with Crippen molar-refractivity contribution in [2.24, 2.45) is 46.3 Å². The predicted octanol–water partition coefficient (Wildman–Crippen LogP) is 4.82. The van der Waals surface area contributed by atoms with Crippen LogP contribution in [0, 0.1) is 46.3 Å². The third kappa shape index (κ3) is 1.87. The Morgan fingerprint density at radius 3 is 2.14 bits per heavy atom. The van der Waals surface area contributed by atoms with Crippen LogP contribution in [0.2, 0.25) is 0 Å². The Balaban J connectivity index is 1.32. The SMILES string of the molecule is CC1(C)C2CC[C@]1(C)CN(CC1C3CC4CC(C3)CC1C4)C2. The van der Waals surface area contributed by atoms with Crippen LogP contribution in [-0.2, 0) is 0 Å². The normalized spacial score (nSPS) is 55.8. The molecule has 0 spiro atoms. The largest absolute Gasteiger partial charge is 0.302 e. The Morgan fingerprint density at radius 2 is 1.55 bits per heavy atom. The molecule has 6 bridgehead atoms. The second kappa shape index (κ2) is 4.52. The maximum atomic E-state index is 2.93. The highest BCUT2D eigenvalue weighted by Crippen LogP contribution is 2.60. The molecule has 0 radical (unpaired) electrons. The molecule has 0 N–H and O–H groups in total. The van der Waals surface area contributed by atoms with E-state index in [0.717, 1.165) is 35.5 Å². The Bertz CT molecular complexity index is 439. The number of fused-ring (bicyclic) bond motifs is 2. The summed E-state index contributed by atoms with van der Waals surface area (Å²) >= 11 is 0. The number of rotatable bonds is 2. The molecule has 1 saturated heterocycles. The summed E-state index contributed by atoms with van der Waals surface area (Å²) in [5.41, 5.74) is 1.16. The Kier molecular flexibility index (Phi) is 2.94. The van der Waals surface area contributed by atoms with Crippen molar-refractivity contribution in [1.82, 2.24) is 4.90 Å². The fourth-order valence-corrected chi connectivity index (χ4v) is 7.91. The highest BCUT2D eigenvalue weighted by atomic mass is 15.2. The summed E-state index contributed by atoms with van der Waals surface area (Å²) in [5, 5.41) is 0.